The lowest BCUT2D eigenvalue weighted by Gasteiger charge is -2.35. The van der Waals surface area contributed by atoms with Crippen LogP contribution in [0, 0.1) is 0 Å². The van der Waals surface area contributed by atoms with Gasteiger partial charge in [0.15, 0.2) is 0 Å². The van der Waals surface area contributed by atoms with E-state index >= 15 is 0 Å². The quantitative estimate of drug-likeness (QED) is 0.184. The number of para-hydroxylation sites is 3. The zero-order chi connectivity index (χ0) is 36.7. The molecule has 2 aliphatic rings. The van der Waals surface area contributed by atoms with Crippen molar-refractivity contribution in [2.24, 2.45) is 4.99 Å². The molecular weight excluding hydrogens is 681 g/mol. The van der Waals surface area contributed by atoms with Gasteiger partial charge in [0, 0.05) is 27.2 Å². The average molecular weight is 716 g/mol. The Hall–Kier alpha value is -7.27. The van der Waals surface area contributed by atoms with Crippen LogP contribution >= 0.6 is 0 Å². The molecule has 2 aliphatic heterocycles. The van der Waals surface area contributed by atoms with Gasteiger partial charge in [0.25, 0.3) is 6.29 Å². The van der Waals surface area contributed by atoms with Crippen LogP contribution in [0.2, 0.25) is 0 Å². The molecule has 0 fully saturated rings. The Morgan fingerprint density at radius 3 is 1.79 bits per heavy atom. The normalized spacial score (nSPS) is 16.4. The van der Waals surface area contributed by atoms with Crippen molar-refractivity contribution in [3.05, 3.63) is 206 Å². The standard InChI is InChI=1S/C52H34N4/c1-2-13-41(14-3-1)55-47-18-8-6-15-43(47)45-32-39(26-28-49(45)55)40-27-29-50-46(33-40)44-16-7-9-19-48(44)56(50)52-53-51-42(17-10-30-54(51)52)36-23-20-35(21-24-36)38-25-22-34-11-4-5-12-37(34)31-38/h1-33,52H/p+1. The zero-order valence-electron chi connectivity index (χ0n) is 30.5. The molecule has 12 rings (SSSR count). The minimum Gasteiger partial charge on any atom is -0.309 e. The predicted molar refractivity (Wildman–Crippen MR) is 233 cm³/mol. The van der Waals surface area contributed by atoms with E-state index in [4.69, 9.17) is 4.99 Å². The van der Waals surface area contributed by atoms with Crippen molar-refractivity contribution in [1.82, 2.24) is 9.13 Å². The molecule has 4 heteroatoms. The number of amidine groups is 1. The van der Waals surface area contributed by atoms with Gasteiger partial charge in [0.2, 0.25) is 5.84 Å². The molecule has 0 saturated heterocycles. The number of hydrogen-bond donors (Lipinski definition) is 1. The second-order valence-electron chi connectivity index (χ2n) is 14.9. The molecule has 4 heterocycles. The van der Waals surface area contributed by atoms with E-state index in [9.17, 15) is 0 Å². The van der Waals surface area contributed by atoms with Crippen LogP contribution in [0.3, 0.4) is 0 Å². The fourth-order valence-corrected chi connectivity index (χ4v) is 9.13. The Morgan fingerprint density at radius 1 is 0.429 bits per heavy atom. The van der Waals surface area contributed by atoms with Gasteiger partial charge in [-0.3, -0.25) is 4.57 Å². The Balaban J connectivity index is 0.908. The molecule has 2 unspecified atom stereocenters. The highest BCUT2D eigenvalue weighted by atomic mass is 15.5. The molecule has 0 saturated carbocycles. The molecule has 0 radical (unpaired) electrons. The first-order valence-corrected chi connectivity index (χ1v) is 19.3. The van der Waals surface area contributed by atoms with Crippen LogP contribution < -0.4 is 4.90 Å². The maximum absolute atomic E-state index is 5.35. The van der Waals surface area contributed by atoms with E-state index in [0.717, 1.165) is 5.84 Å². The van der Waals surface area contributed by atoms with Gasteiger partial charge in [-0.1, -0.05) is 127 Å². The molecule has 2 aromatic heterocycles. The molecule has 0 bridgehead atoms. The van der Waals surface area contributed by atoms with Crippen molar-refractivity contribution in [1.29, 1.82) is 0 Å². The number of nitrogens with zero attached hydrogens (tertiary/aromatic N) is 3. The molecule has 2 atom stereocenters. The highest BCUT2D eigenvalue weighted by Gasteiger charge is 2.42. The van der Waals surface area contributed by atoms with Gasteiger partial charge < -0.3 is 4.57 Å². The summed E-state index contributed by atoms with van der Waals surface area (Å²) in [6.45, 7) is 0. The summed E-state index contributed by atoms with van der Waals surface area (Å²) in [5, 5.41) is 7.53. The first-order valence-electron chi connectivity index (χ1n) is 19.3. The number of aromatic nitrogens is 2. The molecule has 8 aromatic carbocycles. The molecule has 10 aromatic rings. The number of rotatable bonds is 5. The van der Waals surface area contributed by atoms with Crippen LogP contribution in [-0.4, -0.2) is 15.0 Å². The highest BCUT2D eigenvalue weighted by molar-refractivity contribution is 6.21. The molecule has 1 N–H and O–H groups in total. The summed E-state index contributed by atoms with van der Waals surface area (Å²) in [5.41, 5.74) is 13.2. The number of hydrogen-bond acceptors (Lipinski definition) is 1. The Bertz CT molecular complexity index is 3300. The fourth-order valence-electron chi connectivity index (χ4n) is 9.13. The summed E-state index contributed by atoms with van der Waals surface area (Å²) in [7, 11) is 0. The van der Waals surface area contributed by atoms with Gasteiger partial charge in [-0.2, -0.15) is 4.99 Å². The fraction of sp³-hybridized carbons (Fsp3) is 0.0192. The van der Waals surface area contributed by atoms with Gasteiger partial charge in [0.05, 0.1) is 27.6 Å². The van der Waals surface area contributed by atoms with E-state index in [1.807, 2.05) is 0 Å². The van der Waals surface area contributed by atoms with Crippen molar-refractivity contribution >= 4 is 65.8 Å². The van der Waals surface area contributed by atoms with Crippen LogP contribution in [0.15, 0.2) is 205 Å². The Morgan fingerprint density at radius 2 is 0.982 bits per heavy atom. The predicted octanol–water partition coefficient (Wildman–Crippen LogP) is 11.7. The van der Waals surface area contributed by atoms with Crippen LogP contribution in [0.5, 0.6) is 0 Å². The summed E-state index contributed by atoms with van der Waals surface area (Å²) >= 11 is 0. The van der Waals surface area contributed by atoms with Crippen molar-refractivity contribution in [3.8, 4) is 27.9 Å². The van der Waals surface area contributed by atoms with Crippen molar-refractivity contribution in [2.75, 3.05) is 0 Å². The minimum atomic E-state index is -0.0875. The largest absolute Gasteiger partial charge is 0.309 e. The third kappa shape index (κ3) is 4.67. The molecule has 262 valence electrons. The molecule has 4 nitrogen and oxygen atoms in total. The van der Waals surface area contributed by atoms with E-state index < -0.39 is 0 Å². The smallest absolute Gasteiger partial charge is 0.281 e. The third-order valence-electron chi connectivity index (χ3n) is 11.9. The zero-order valence-corrected chi connectivity index (χ0v) is 30.5. The summed E-state index contributed by atoms with van der Waals surface area (Å²) in [6, 6.07) is 66.2. The van der Waals surface area contributed by atoms with Gasteiger partial charge >= 0.3 is 0 Å². The molecule has 0 spiro atoms. The van der Waals surface area contributed by atoms with Gasteiger partial charge in [0.1, 0.15) is 6.20 Å². The highest BCUT2D eigenvalue weighted by Crippen LogP contribution is 2.39. The average Bonchev–Trinajstić information content (AvgIpc) is 3.76. The Kier molecular flexibility index (Phi) is 6.74. The minimum absolute atomic E-state index is 0.0875. The summed E-state index contributed by atoms with van der Waals surface area (Å²) in [5.74, 6) is 1.08. The van der Waals surface area contributed by atoms with E-state index in [0.29, 0.717) is 0 Å². The lowest BCUT2D eigenvalue weighted by atomic mass is 9.96. The molecule has 0 aliphatic carbocycles. The second kappa shape index (κ2) is 12.1. The van der Waals surface area contributed by atoms with Crippen LogP contribution in [0.1, 0.15) is 11.9 Å². The monoisotopic (exact) mass is 715 g/mol. The van der Waals surface area contributed by atoms with E-state index in [-0.39, 0.29) is 6.29 Å². The number of quaternary nitrogens is 1. The number of nitrogens with one attached hydrogen (secondary N) is 1. The molecular formula is C52H35N4+. The van der Waals surface area contributed by atoms with Gasteiger partial charge in [-0.25, -0.2) is 4.90 Å². The maximum Gasteiger partial charge on any atom is 0.281 e. The first kappa shape index (κ1) is 31.1. The SMILES string of the molecule is C1=C[NH+]2C(=NC2n2c3ccccc3c3cc(-c4ccc5c(c4)c4ccccc4n5-c4ccccc4)ccc32)C(c2ccc(-c3ccc4ccccc4c3)cc2)=C1. The number of fused-ring (bicyclic) bond motifs is 8. The maximum atomic E-state index is 5.35. The van der Waals surface area contributed by atoms with E-state index in [2.05, 4.69) is 209 Å². The third-order valence-corrected chi connectivity index (χ3v) is 11.9. The summed E-state index contributed by atoms with van der Waals surface area (Å²) in [4.78, 5) is 6.61. The first-order chi connectivity index (χ1) is 27.8. The van der Waals surface area contributed by atoms with Crippen molar-refractivity contribution in [2.45, 2.75) is 6.29 Å². The summed E-state index contributed by atoms with van der Waals surface area (Å²) in [6.07, 6.45) is 6.55. The number of benzene rings is 8. The molecule has 0 amide bonds. The van der Waals surface area contributed by atoms with Crippen molar-refractivity contribution in [3.63, 3.8) is 0 Å². The second-order valence-corrected chi connectivity index (χ2v) is 14.9. The molecule has 56 heavy (non-hydrogen) atoms. The van der Waals surface area contributed by atoms with Crippen LogP contribution in [0.4, 0.5) is 0 Å². The number of aliphatic imine (C=N–C) groups is 1. The lowest BCUT2D eigenvalue weighted by Crippen LogP contribution is -3.16. The summed E-state index contributed by atoms with van der Waals surface area (Å²) < 4.78 is 4.80. The van der Waals surface area contributed by atoms with E-state index in [1.54, 1.807) is 0 Å². The Labute approximate surface area is 323 Å². The van der Waals surface area contributed by atoms with Crippen LogP contribution in [-0.2, 0) is 0 Å². The van der Waals surface area contributed by atoms with Crippen LogP contribution in [0.25, 0.3) is 87.9 Å². The van der Waals surface area contributed by atoms with Gasteiger partial charge in [-0.05, 0) is 105 Å². The van der Waals surface area contributed by atoms with Crippen molar-refractivity contribution < 1.29 is 4.90 Å². The lowest BCUT2D eigenvalue weighted by molar-refractivity contribution is -0.818. The topological polar surface area (TPSA) is 26.7 Å². The number of allylic oxidation sites excluding steroid dienone is 2. The van der Waals surface area contributed by atoms with Gasteiger partial charge in [-0.15, -0.1) is 0 Å². The van der Waals surface area contributed by atoms with E-state index in [1.165, 1.54) is 98.4 Å².